The van der Waals surface area contributed by atoms with Crippen molar-refractivity contribution in [2.45, 2.75) is 6.92 Å². The second-order valence-corrected chi connectivity index (χ2v) is 5.74. The van der Waals surface area contributed by atoms with Gasteiger partial charge in [-0.3, -0.25) is 13.9 Å². The van der Waals surface area contributed by atoms with Crippen molar-refractivity contribution in [1.29, 1.82) is 0 Å². The number of benzene rings is 1. The summed E-state index contributed by atoms with van der Waals surface area (Å²) in [6.45, 7) is 2.54. The lowest BCUT2D eigenvalue weighted by Gasteiger charge is -2.03. The smallest absolute Gasteiger partial charge is 0.332 e. The number of ether oxygens (including phenoxy) is 1. The molecule has 9 heteroatoms. The van der Waals surface area contributed by atoms with Gasteiger partial charge in [-0.25, -0.2) is 10.2 Å². The Kier molecular flexibility index (Phi) is 4.61. The predicted octanol–water partition coefficient (Wildman–Crippen LogP) is 0.815. The summed E-state index contributed by atoms with van der Waals surface area (Å²) in [7, 11) is 4.70. The van der Waals surface area contributed by atoms with Crippen molar-refractivity contribution in [1.82, 2.24) is 18.7 Å². The first-order valence-electron chi connectivity index (χ1n) is 8.08. The fourth-order valence-corrected chi connectivity index (χ4v) is 2.60. The van der Waals surface area contributed by atoms with Crippen LogP contribution in [-0.4, -0.2) is 31.5 Å². The van der Waals surface area contributed by atoms with Crippen LogP contribution in [0.25, 0.3) is 11.2 Å². The fraction of sp³-hybridized carbons (Fsp3) is 0.294. The summed E-state index contributed by atoms with van der Waals surface area (Å²) >= 11 is 0. The number of hydrazone groups is 1. The van der Waals surface area contributed by atoms with Crippen LogP contribution in [0.4, 0.5) is 5.95 Å². The number of fused-ring (bicyclic) bond motifs is 1. The van der Waals surface area contributed by atoms with E-state index in [9.17, 15) is 9.59 Å². The Morgan fingerprint density at radius 2 is 1.81 bits per heavy atom. The van der Waals surface area contributed by atoms with Crippen LogP contribution in [0.5, 0.6) is 5.75 Å². The fourth-order valence-electron chi connectivity index (χ4n) is 2.60. The van der Waals surface area contributed by atoms with E-state index in [2.05, 4.69) is 15.5 Å². The maximum atomic E-state index is 12.3. The lowest BCUT2D eigenvalue weighted by atomic mass is 10.2. The Balaban J connectivity index is 1.89. The number of nitrogens with zero attached hydrogens (tertiary/aromatic N) is 5. The van der Waals surface area contributed by atoms with Gasteiger partial charge in [0.1, 0.15) is 5.75 Å². The third kappa shape index (κ3) is 2.99. The van der Waals surface area contributed by atoms with Crippen molar-refractivity contribution >= 4 is 23.3 Å². The SMILES string of the molecule is CCOc1ccc(/C=N\Nc2nc3c(c(=O)n(C)c(=O)n3C)n2C)cc1. The molecule has 0 aliphatic heterocycles. The second-order valence-electron chi connectivity index (χ2n) is 5.74. The molecule has 1 N–H and O–H groups in total. The van der Waals surface area contributed by atoms with Gasteiger partial charge in [0.25, 0.3) is 5.56 Å². The molecule has 3 rings (SSSR count). The molecule has 0 radical (unpaired) electrons. The van der Waals surface area contributed by atoms with Crippen molar-refractivity contribution < 1.29 is 4.74 Å². The van der Waals surface area contributed by atoms with Crippen LogP contribution in [0, 0.1) is 0 Å². The molecule has 26 heavy (non-hydrogen) atoms. The van der Waals surface area contributed by atoms with Gasteiger partial charge in [-0.05, 0) is 36.8 Å². The summed E-state index contributed by atoms with van der Waals surface area (Å²) in [5, 5.41) is 4.15. The second kappa shape index (κ2) is 6.87. The van der Waals surface area contributed by atoms with Crippen LogP contribution < -0.4 is 21.4 Å². The highest BCUT2D eigenvalue weighted by molar-refractivity contribution is 5.80. The minimum absolute atomic E-state index is 0.305. The molecule has 0 atom stereocenters. The Morgan fingerprint density at radius 3 is 2.46 bits per heavy atom. The summed E-state index contributed by atoms with van der Waals surface area (Å²) in [4.78, 5) is 28.7. The number of hydrogen-bond acceptors (Lipinski definition) is 6. The summed E-state index contributed by atoms with van der Waals surface area (Å²) in [5.41, 5.74) is 3.49. The molecular weight excluding hydrogens is 336 g/mol. The highest BCUT2D eigenvalue weighted by atomic mass is 16.5. The molecule has 3 aromatic rings. The molecular formula is C17H20N6O3. The molecule has 0 saturated heterocycles. The molecule has 1 aromatic carbocycles. The number of imidazole rings is 1. The number of aryl methyl sites for hydroxylation is 2. The molecule has 9 nitrogen and oxygen atoms in total. The lowest BCUT2D eigenvalue weighted by molar-refractivity contribution is 0.340. The standard InChI is InChI=1S/C17H20N6O3/c1-5-26-12-8-6-11(7-9-12)10-18-20-16-19-14-13(21(16)2)15(24)23(4)17(25)22(14)3/h6-10H,5H2,1-4H3,(H,19,20)/b18-10-. The first kappa shape index (κ1) is 17.5. The Morgan fingerprint density at radius 1 is 1.12 bits per heavy atom. The van der Waals surface area contributed by atoms with Crippen LogP contribution in [0.15, 0.2) is 39.0 Å². The topological polar surface area (TPSA) is 95.4 Å². The van der Waals surface area contributed by atoms with Crippen LogP contribution in [0.3, 0.4) is 0 Å². The maximum Gasteiger partial charge on any atom is 0.332 e. The van der Waals surface area contributed by atoms with Crippen LogP contribution in [0.2, 0.25) is 0 Å². The van der Waals surface area contributed by atoms with Gasteiger partial charge < -0.3 is 9.30 Å². The van der Waals surface area contributed by atoms with E-state index in [1.807, 2.05) is 31.2 Å². The number of hydrogen-bond donors (Lipinski definition) is 1. The quantitative estimate of drug-likeness (QED) is 0.539. The molecule has 0 aliphatic carbocycles. The molecule has 0 unspecified atom stereocenters. The highest BCUT2D eigenvalue weighted by Crippen LogP contribution is 2.13. The van der Waals surface area contributed by atoms with Crippen molar-refractivity contribution in [3.63, 3.8) is 0 Å². The van der Waals surface area contributed by atoms with E-state index in [-0.39, 0.29) is 0 Å². The molecule has 0 amide bonds. The van der Waals surface area contributed by atoms with Gasteiger partial charge in [-0.1, -0.05) is 0 Å². The Bertz CT molecular complexity index is 1090. The van der Waals surface area contributed by atoms with Crippen LogP contribution >= 0.6 is 0 Å². The van der Waals surface area contributed by atoms with Crippen molar-refractivity contribution in [2.24, 2.45) is 26.2 Å². The Labute approximate surface area is 149 Å². The summed E-state index contributed by atoms with van der Waals surface area (Å²) in [5.74, 6) is 1.16. The number of rotatable bonds is 5. The third-order valence-electron chi connectivity index (χ3n) is 4.04. The van der Waals surface area contributed by atoms with Gasteiger partial charge in [0.2, 0.25) is 5.95 Å². The molecule has 2 aromatic heterocycles. The Hall–Kier alpha value is -3.36. The summed E-state index contributed by atoms with van der Waals surface area (Å²) in [6.07, 6.45) is 1.63. The predicted molar refractivity (Wildman–Crippen MR) is 100 cm³/mol. The van der Waals surface area contributed by atoms with E-state index in [4.69, 9.17) is 4.74 Å². The lowest BCUT2D eigenvalue weighted by Crippen LogP contribution is -2.37. The average molecular weight is 356 g/mol. The molecule has 2 heterocycles. The number of nitrogens with one attached hydrogen (secondary N) is 1. The van der Waals surface area contributed by atoms with E-state index in [0.29, 0.717) is 23.7 Å². The van der Waals surface area contributed by atoms with E-state index < -0.39 is 11.2 Å². The van der Waals surface area contributed by atoms with Gasteiger partial charge in [-0.2, -0.15) is 10.1 Å². The maximum absolute atomic E-state index is 12.3. The minimum atomic E-state index is -0.426. The van der Waals surface area contributed by atoms with Crippen molar-refractivity contribution in [3.05, 3.63) is 50.7 Å². The molecule has 0 bridgehead atoms. The largest absolute Gasteiger partial charge is 0.494 e. The molecule has 0 aliphatic rings. The zero-order chi connectivity index (χ0) is 18.8. The summed E-state index contributed by atoms with van der Waals surface area (Å²) < 4.78 is 9.35. The van der Waals surface area contributed by atoms with Gasteiger partial charge >= 0.3 is 5.69 Å². The minimum Gasteiger partial charge on any atom is -0.494 e. The normalized spacial score (nSPS) is 11.4. The van der Waals surface area contributed by atoms with E-state index in [1.54, 1.807) is 24.9 Å². The third-order valence-corrected chi connectivity index (χ3v) is 4.04. The van der Waals surface area contributed by atoms with Gasteiger partial charge in [-0.15, -0.1) is 0 Å². The zero-order valence-electron chi connectivity index (χ0n) is 15.1. The first-order valence-corrected chi connectivity index (χ1v) is 8.08. The number of aromatic nitrogens is 4. The average Bonchev–Trinajstić information content (AvgIpc) is 2.97. The van der Waals surface area contributed by atoms with Gasteiger partial charge in [0.15, 0.2) is 11.2 Å². The molecule has 0 saturated carbocycles. The molecule has 0 fully saturated rings. The van der Waals surface area contributed by atoms with Gasteiger partial charge in [0.05, 0.1) is 12.8 Å². The highest BCUT2D eigenvalue weighted by Gasteiger charge is 2.16. The van der Waals surface area contributed by atoms with E-state index in [1.165, 1.54) is 11.6 Å². The van der Waals surface area contributed by atoms with E-state index >= 15 is 0 Å². The zero-order valence-corrected chi connectivity index (χ0v) is 15.1. The van der Waals surface area contributed by atoms with Crippen molar-refractivity contribution in [3.8, 4) is 5.75 Å². The van der Waals surface area contributed by atoms with Crippen molar-refractivity contribution in [2.75, 3.05) is 12.0 Å². The molecule has 136 valence electrons. The van der Waals surface area contributed by atoms with Gasteiger partial charge in [0, 0.05) is 21.1 Å². The molecule has 0 spiro atoms. The van der Waals surface area contributed by atoms with E-state index in [0.717, 1.165) is 15.9 Å². The summed E-state index contributed by atoms with van der Waals surface area (Å²) in [6, 6.07) is 7.48. The monoisotopic (exact) mass is 356 g/mol. The van der Waals surface area contributed by atoms with Crippen LogP contribution in [-0.2, 0) is 21.1 Å². The first-order chi connectivity index (χ1) is 12.4. The number of anilines is 1. The van der Waals surface area contributed by atoms with Crippen LogP contribution in [0.1, 0.15) is 12.5 Å².